The lowest BCUT2D eigenvalue weighted by atomic mass is 10.1. The molecule has 3 aromatic carbocycles. The van der Waals surface area contributed by atoms with Crippen molar-refractivity contribution in [1.82, 2.24) is 14.8 Å². The predicted molar refractivity (Wildman–Crippen MR) is 157 cm³/mol. The number of para-hydroxylation sites is 1. The predicted octanol–water partition coefficient (Wildman–Crippen LogP) is 5.49. The fraction of sp³-hybridized carbons (Fsp3) is 0.281. The number of hydrogen-bond donors (Lipinski definition) is 2. The van der Waals surface area contributed by atoms with Gasteiger partial charge in [0.15, 0.2) is 0 Å². The number of H-pyrrole nitrogens is 1. The van der Waals surface area contributed by atoms with E-state index in [1.165, 1.54) is 4.90 Å². The van der Waals surface area contributed by atoms with Crippen LogP contribution < -0.4 is 5.32 Å². The number of fused-ring (bicyclic) bond motifs is 1. The summed E-state index contributed by atoms with van der Waals surface area (Å²) in [7, 11) is 1.61. The summed E-state index contributed by atoms with van der Waals surface area (Å²) >= 11 is 0. The second-order valence-corrected chi connectivity index (χ2v) is 9.80. The molecule has 0 atom stereocenters. The Balaban J connectivity index is 1.50. The van der Waals surface area contributed by atoms with Crippen LogP contribution in [0.15, 0.2) is 79.0 Å². The molecule has 206 valence electrons. The average Bonchev–Trinajstić information content (AvgIpc) is 3.39. The van der Waals surface area contributed by atoms with Crippen molar-refractivity contribution in [1.29, 1.82) is 5.26 Å². The Morgan fingerprint density at radius 3 is 2.45 bits per heavy atom. The van der Waals surface area contributed by atoms with Crippen LogP contribution in [0.4, 0.5) is 10.5 Å². The Kier molecular flexibility index (Phi) is 9.92. The number of nitriles is 1. The highest BCUT2D eigenvalue weighted by molar-refractivity contribution is 5.92. The molecule has 8 heteroatoms. The minimum absolute atomic E-state index is 0.0639. The molecule has 1 heterocycles. The average molecular weight is 538 g/mol. The van der Waals surface area contributed by atoms with Crippen molar-refractivity contribution in [3.63, 3.8) is 0 Å². The number of anilines is 1. The molecule has 0 bridgehead atoms. The Morgan fingerprint density at radius 1 is 0.975 bits per heavy atom. The van der Waals surface area contributed by atoms with E-state index in [9.17, 15) is 9.59 Å². The van der Waals surface area contributed by atoms with Gasteiger partial charge in [-0.1, -0.05) is 48.0 Å². The number of carbonyl (C=O) groups is 2. The zero-order valence-corrected chi connectivity index (χ0v) is 23.0. The van der Waals surface area contributed by atoms with Gasteiger partial charge in [0, 0.05) is 56.1 Å². The van der Waals surface area contributed by atoms with Gasteiger partial charge in [-0.05, 0) is 61.2 Å². The number of ether oxygens (including phenoxy) is 1. The lowest BCUT2D eigenvalue weighted by molar-refractivity contribution is -0.132. The first-order chi connectivity index (χ1) is 19.5. The van der Waals surface area contributed by atoms with Gasteiger partial charge in [-0.2, -0.15) is 5.26 Å². The van der Waals surface area contributed by atoms with E-state index >= 15 is 0 Å². The molecule has 2 N–H and O–H groups in total. The molecule has 0 unspecified atom stereocenters. The van der Waals surface area contributed by atoms with Crippen LogP contribution in [0.5, 0.6) is 0 Å². The van der Waals surface area contributed by atoms with E-state index in [0.717, 1.165) is 27.6 Å². The number of aryl methyl sites for hydroxylation is 1. The Morgan fingerprint density at radius 2 is 1.73 bits per heavy atom. The number of nitrogens with one attached hydrogen (secondary N) is 2. The molecule has 0 saturated heterocycles. The standard InChI is InChI=1S/C32H35N5O3/c1-24-8-10-26(11-9-24)22-36(18-16-27-21-34-30-7-4-3-6-29(27)30)31(38)23-37(17-5-19-40-2)32(39)35-28-14-12-25(20-33)13-15-28/h3-4,6-15,21,34H,5,16-19,22-23H2,1-2H3,(H,35,39). The van der Waals surface area contributed by atoms with Gasteiger partial charge in [0.2, 0.25) is 5.91 Å². The molecule has 0 saturated carbocycles. The molecule has 0 aliphatic rings. The highest BCUT2D eigenvalue weighted by Crippen LogP contribution is 2.19. The first kappa shape index (κ1) is 28.4. The maximum absolute atomic E-state index is 13.8. The number of rotatable bonds is 12. The molecule has 0 aliphatic carbocycles. The number of methoxy groups -OCH3 is 1. The molecule has 3 amide bonds. The third kappa shape index (κ3) is 7.71. The van der Waals surface area contributed by atoms with Gasteiger partial charge in [0.05, 0.1) is 11.6 Å². The van der Waals surface area contributed by atoms with Crippen LogP contribution in [0.3, 0.4) is 0 Å². The largest absolute Gasteiger partial charge is 0.385 e. The summed E-state index contributed by atoms with van der Waals surface area (Å²) in [6.07, 6.45) is 3.28. The minimum atomic E-state index is -0.374. The van der Waals surface area contributed by atoms with E-state index in [4.69, 9.17) is 10.00 Å². The third-order valence-corrected chi connectivity index (χ3v) is 6.83. The van der Waals surface area contributed by atoms with E-state index in [1.807, 2.05) is 60.5 Å². The number of hydrogen-bond acceptors (Lipinski definition) is 4. The van der Waals surface area contributed by atoms with E-state index in [0.29, 0.717) is 50.3 Å². The number of aromatic amines is 1. The molecule has 8 nitrogen and oxygen atoms in total. The minimum Gasteiger partial charge on any atom is -0.385 e. The lowest BCUT2D eigenvalue weighted by Gasteiger charge is -2.28. The van der Waals surface area contributed by atoms with E-state index in [2.05, 4.69) is 22.4 Å². The van der Waals surface area contributed by atoms with E-state index in [1.54, 1.807) is 31.4 Å². The summed E-state index contributed by atoms with van der Waals surface area (Å²) in [5, 5.41) is 13.0. The van der Waals surface area contributed by atoms with Crippen molar-refractivity contribution in [2.45, 2.75) is 26.3 Å². The van der Waals surface area contributed by atoms with Crippen LogP contribution in [0, 0.1) is 18.3 Å². The van der Waals surface area contributed by atoms with Crippen LogP contribution in [0.2, 0.25) is 0 Å². The van der Waals surface area contributed by atoms with Crippen LogP contribution in [0.25, 0.3) is 10.9 Å². The molecular formula is C32H35N5O3. The number of nitrogens with zero attached hydrogens (tertiary/aromatic N) is 3. The van der Waals surface area contributed by atoms with Gasteiger partial charge in [0.25, 0.3) is 0 Å². The molecule has 4 rings (SSSR count). The zero-order valence-electron chi connectivity index (χ0n) is 23.0. The molecule has 40 heavy (non-hydrogen) atoms. The Hall–Kier alpha value is -4.61. The van der Waals surface area contributed by atoms with Gasteiger partial charge in [-0.25, -0.2) is 4.79 Å². The van der Waals surface area contributed by atoms with Crippen molar-refractivity contribution in [3.05, 3.63) is 101 Å². The first-order valence-corrected chi connectivity index (χ1v) is 13.4. The Bertz CT molecular complexity index is 1450. The van der Waals surface area contributed by atoms with Gasteiger partial charge >= 0.3 is 6.03 Å². The summed E-state index contributed by atoms with van der Waals surface area (Å²) in [5.41, 5.74) is 5.47. The molecule has 0 fully saturated rings. The summed E-state index contributed by atoms with van der Waals surface area (Å²) in [5.74, 6) is -0.132. The lowest BCUT2D eigenvalue weighted by Crippen LogP contribution is -2.45. The number of amides is 3. The van der Waals surface area contributed by atoms with Crippen molar-refractivity contribution >= 4 is 28.5 Å². The van der Waals surface area contributed by atoms with Crippen LogP contribution in [-0.4, -0.2) is 60.1 Å². The highest BCUT2D eigenvalue weighted by Gasteiger charge is 2.22. The van der Waals surface area contributed by atoms with E-state index in [-0.39, 0.29) is 18.5 Å². The third-order valence-electron chi connectivity index (χ3n) is 6.83. The quantitative estimate of drug-likeness (QED) is 0.233. The summed E-state index contributed by atoms with van der Waals surface area (Å²) < 4.78 is 5.18. The molecular weight excluding hydrogens is 502 g/mol. The van der Waals surface area contributed by atoms with Gasteiger partial charge in [-0.15, -0.1) is 0 Å². The monoisotopic (exact) mass is 537 g/mol. The second kappa shape index (κ2) is 14.0. The summed E-state index contributed by atoms with van der Waals surface area (Å²) in [6, 6.07) is 24.6. The molecule has 4 aromatic rings. The van der Waals surface area contributed by atoms with Gasteiger partial charge in [-0.3, -0.25) is 4.79 Å². The summed E-state index contributed by atoms with van der Waals surface area (Å²) in [6.45, 7) is 3.77. The smallest absolute Gasteiger partial charge is 0.322 e. The maximum Gasteiger partial charge on any atom is 0.322 e. The number of benzene rings is 3. The maximum atomic E-state index is 13.8. The van der Waals surface area contributed by atoms with Crippen LogP contribution in [0.1, 0.15) is 28.7 Å². The van der Waals surface area contributed by atoms with Crippen LogP contribution in [-0.2, 0) is 22.5 Å². The fourth-order valence-electron chi connectivity index (χ4n) is 4.55. The first-order valence-electron chi connectivity index (χ1n) is 13.4. The second-order valence-electron chi connectivity index (χ2n) is 9.80. The van der Waals surface area contributed by atoms with Gasteiger partial charge < -0.3 is 24.8 Å². The number of aromatic nitrogens is 1. The number of urea groups is 1. The summed E-state index contributed by atoms with van der Waals surface area (Å²) in [4.78, 5) is 33.6. The molecule has 0 spiro atoms. The molecule has 0 radical (unpaired) electrons. The number of carbonyl (C=O) groups excluding carboxylic acids is 2. The van der Waals surface area contributed by atoms with Crippen molar-refractivity contribution < 1.29 is 14.3 Å². The van der Waals surface area contributed by atoms with E-state index < -0.39 is 0 Å². The van der Waals surface area contributed by atoms with Crippen molar-refractivity contribution in [2.24, 2.45) is 0 Å². The SMILES string of the molecule is COCCCN(CC(=O)N(CCc1c[nH]c2ccccc12)Cc1ccc(C)cc1)C(=O)Nc1ccc(C#N)cc1. The topological polar surface area (TPSA) is 101 Å². The highest BCUT2D eigenvalue weighted by atomic mass is 16.5. The molecule has 1 aromatic heterocycles. The molecule has 0 aliphatic heterocycles. The van der Waals surface area contributed by atoms with Gasteiger partial charge in [0.1, 0.15) is 6.54 Å². The fourth-order valence-corrected chi connectivity index (χ4v) is 4.55. The van der Waals surface area contributed by atoms with Crippen molar-refractivity contribution in [3.8, 4) is 6.07 Å². The van der Waals surface area contributed by atoms with Crippen molar-refractivity contribution in [2.75, 3.05) is 38.7 Å². The zero-order chi connectivity index (χ0) is 28.3. The van der Waals surface area contributed by atoms with Crippen LogP contribution >= 0.6 is 0 Å². The normalized spacial score (nSPS) is 10.7. The Labute approximate surface area is 235 Å².